The Morgan fingerprint density at radius 3 is 2.76 bits per heavy atom. The van der Waals surface area contributed by atoms with Crippen molar-refractivity contribution in [2.75, 3.05) is 34.0 Å². The van der Waals surface area contributed by atoms with Gasteiger partial charge in [-0.1, -0.05) is 24.3 Å². The van der Waals surface area contributed by atoms with Crippen molar-refractivity contribution in [2.45, 2.75) is 25.9 Å². The molecule has 8 nitrogen and oxygen atoms in total. The molecule has 1 aromatic heterocycles. The van der Waals surface area contributed by atoms with Gasteiger partial charge in [0.05, 0.1) is 19.1 Å². The molecule has 174 valence electrons. The van der Waals surface area contributed by atoms with E-state index in [0.717, 1.165) is 11.1 Å². The van der Waals surface area contributed by atoms with Crippen LogP contribution < -0.4 is 14.8 Å². The number of furan rings is 1. The summed E-state index contributed by atoms with van der Waals surface area (Å²) in [6, 6.07) is 13.1. The second-order valence-corrected chi connectivity index (χ2v) is 8.27. The van der Waals surface area contributed by atoms with E-state index in [4.69, 9.17) is 18.6 Å². The molecule has 1 unspecified atom stereocenters. The normalized spacial score (nSPS) is 17.9. The van der Waals surface area contributed by atoms with E-state index in [9.17, 15) is 9.59 Å². The number of para-hydroxylation sites is 1. The standard InChI is InChI=1S/C25H28N2O6/c1-16-9-10-18-20(13-16)33-22-21(18)32-15-25(2,27(23(22)28)11-12-30-3)24(29)26-14-17-7-5-6-8-19(17)31-4/h5-10,13H,11-12,14-15H2,1-4H3,(H,26,29). The second kappa shape index (κ2) is 9.15. The topological polar surface area (TPSA) is 90.2 Å². The van der Waals surface area contributed by atoms with Crippen molar-refractivity contribution in [3.8, 4) is 11.5 Å². The van der Waals surface area contributed by atoms with Gasteiger partial charge in [-0.3, -0.25) is 9.59 Å². The lowest BCUT2D eigenvalue weighted by Gasteiger charge is -2.37. The van der Waals surface area contributed by atoms with E-state index >= 15 is 0 Å². The molecule has 0 bridgehead atoms. The van der Waals surface area contributed by atoms with Crippen molar-refractivity contribution in [1.82, 2.24) is 10.2 Å². The molecular formula is C25H28N2O6. The monoisotopic (exact) mass is 452 g/mol. The maximum absolute atomic E-state index is 13.6. The summed E-state index contributed by atoms with van der Waals surface area (Å²) in [5.41, 5.74) is 1.13. The van der Waals surface area contributed by atoms with Crippen LogP contribution in [-0.4, -0.2) is 56.2 Å². The quantitative estimate of drug-likeness (QED) is 0.592. The largest absolute Gasteiger partial charge is 0.496 e. The number of hydrogen-bond acceptors (Lipinski definition) is 6. The van der Waals surface area contributed by atoms with Gasteiger partial charge in [-0.2, -0.15) is 0 Å². The van der Waals surface area contributed by atoms with Crippen LogP contribution in [0.3, 0.4) is 0 Å². The van der Waals surface area contributed by atoms with E-state index in [1.54, 1.807) is 21.1 Å². The lowest BCUT2D eigenvalue weighted by molar-refractivity contribution is -0.133. The number of aryl methyl sites for hydroxylation is 1. The minimum absolute atomic E-state index is 0.0320. The van der Waals surface area contributed by atoms with E-state index in [1.165, 1.54) is 4.90 Å². The number of nitrogens with one attached hydrogen (secondary N) is 1. The lowest BCUT2D eigenvalue weighted by atomic mass is 9.99. The van der Waals surface area contributed by atoms with Crippen LogP contribution in [0.15, 0.2) is 46.9 Å². The van der Waals surface area contributed by atoms with Crippen molar-refractivity contribution in [1.29, 1.82) is 0 Å². The van der Waals surface area contributed by atoms with E-state index in [2.05, 4.69) is 5.32 Å². The molecule has 0 spiro atoms. The SMILES string of the molecule is COCCN1C(=O)c2oc3cc(C)ccc3c2OCC1(C)C(=O)NCc1ccccc1OC. The first-order valence-electron chi connectivity index (χ1n) is 10.8. The maximum atomic E-state index is 13.6. The molecule has 8 heteroatoms. The van der Waals surface area contributed by atoms with Gasteiger partial charge in [0, 0.05) is 25.8 Å². The molecule has 1 aliphatic rings. The van der Waals surface area contributed by atoms with Crippen LogP contribution in [0, 0.1) is 6.92 Å². The number of ether oxygens (including phenoxy) is 3. The zero-order valence-electron chi connectivity index (χ0n) is 19.3. The average molecular weight is 453 g/mol. The Morgan fingerprint density at radius 2 is 2.00 bits per heavy atom. The van der Waals surface area contributed by atoms with Crippen LogP contribution in [0.4, 0.5) is 0 Å². The highest BCUT2D eigenvalue weighted by Gasteiger charge is 2.47. The number of nitrogens with zero attached hydrogens (tertiary/aromatic N) is 1. The predicted molar refractivity (Wildman–Crippen MR) is 123 cm³/mol. The van der Waals surface area contributed by atoms with Gasteiger partial charge >= 0.3 is 0 Å². The summed E-state index contributed by atoms with van der Waals surface area (Å²) in [4.78, 5) is 28.5. The van der Waals surface area contributed by atoms with Gasteiger partial charge in [-0.15, -0.1) is 0 Å². The smallest absolute Gasteiger partial charge is 0.294 e. The maximum Gasteiger partial charge on any atom is 0.294 e. The molecular weight excluding hydrogens is 424 g/mol. The summed E-state index contributed by atoms with van der Waals surface area (Å²) in [5, 5.41) is 3.64. The number of benzene rings is 2. The Balaban J connectivity index is 1.65. The molecule has 1 aliphatic heterocycles. The molecule has 0 aliphatic carbocycles. The summed E-state index contributed by atoms with van der Waals surface area (Å²) in [6.07, 6.45) is 0. The summed E-state index contributed by atoms with van der Waals surface area (Å²) in [7, 11) is 3.13. The molecule has 1 atom stereocenters. The average Bonchev–Trinajstić information content (AvgIpc) is 3.14. The third kappa shape index (κ3) is 4.14. The molecule has 2 heterocycles. The summed E-state index contributed by atoms with van der Waals surface area (Å²) in [5.74, 6) is 0.367. The predicted octanol–water partition coefficient (Wildman–Crippen LogP) is 3.31. The Bertz CT molecular complexity index is 1190. The fourth-order valence-corrected chi connectivity index (χ4v) is 4.04. The highest BCUT2D eigenvalue weighted by molar-refractivity contribution is 6.04. The van der Waals surface area contributed by atoms with E-state index in [-0.39, 0.29) is 38.0 Å². The van der Waals surface area contributed by atoms with Crippen LogP contribution in [-0.2, 0) is 16.1 Å². The van der Waals surface area contributed by atoms with Gasteiger partial charge in [-0.25, -0.2) is 0 Å². The zero-order valence-corrected chi connectivity index (χ0v) is 19.3. The van der Waals surface area contributed by atoms with Crippen molar-refractivity contribution in [3.05, 3.63) is 59.4 Å². The number of amides is 2. The zero-order chi connectivity index (χ0) is 23.6. The van der Waals surface area contributed by atoms with Crippen LogP contribution in [0.2, 0.25) is 0 Å². The molecule has 2 amide bonds. The molecule has 0 saturated carbocycles. The minimum Gasteiger partial charge on any atom is -0.496 e. The molecule has 0 saturated heterocycles. The van der Waals surface area contributed by atoms with Crippen LogP contribution >= 0.6 is 0 Å². The number of methoxy groups -OCH3 is 2. The first-order chi connectivity index (χ1) is 15.9. The second-order valence-electron chi connectivity index (χ2n) is 8.27. The number of carbonyl (C=O) groups is 2. The van der Waals surface area contributed by atoms with Crippen LogP contribution in [0.25, 0.3) is 11.0 Å². The van der Waals surface area contributed by atoms with E-state index < -0.39 is 11.4 Å². The van der Waals surface area contributed by atoms with Gasteiger partial charge in [0.15, 0.2) is 11.3 Å². The first kappa shape index (κ1) is 22.7. The minimum atomic E-state index is -1.28. The van der Waals surface area contributed by atoms with Crippen molar-refractivity contribution in [2.24, 2.45) is 0 Å². The molecule has 4 rings (SSSR count). The molecule has 0 radical (unpaired) electrons. The third-order valence-electron chi connectivity index (χ3n) is 5.97. The number of fused-ring (bicyclic) bond motifs is 3. The highest BCUT2D eigenvalue weighted by atomic mass is 16.5. The van der Waals surface area contributed by atoms with Crippen LogP contribution in [0.5, 0.6) is 11.5 Å². The van der Waals surface area contributed by atoms with Gasteiger partial charge in [0.2, 0.25) is 11.7 Å². The Hall–Kier alpha value is -3.52. The Morgan fingerprint density at radius 1 is 1.21 bits per heavy atom. The summed E-state index contributed by atoms with van der Waals surface area (Å²) in [6.45, 7) is 4.31. The third-order valence-corrected chi connectivity index (χ3v) is 5.97. The summed E-state index contributed by atoms with van der Waals surface area (Å²) < 4.78 is 22.6. The van der Waals surface area contributed by atoms with E-state index in [0.29, 0.717) is 22.5 Å². The van der Waals surface area contributed by atoms with Crippen LogP contribution in [0.1, 0.15) is 28.6 Å². The summed E-state index contributed by atoms with van der Waals surface area (Å²) >= 11 is 0. The first-order valence-corrected chi connectivity index (χ1v) is 10.8. The number of rotatable bonds is 7. The van der Waals surface area contributed by atoms with Gasteiger partial charge in [0.25, 0.3) is 5.91 Å². The van der Waals surface area contributed by atoms with Crippen molar-refractivity contribution < 1.29 is 28.2 Å². The van der Waals surface area contributed by atoms with Gasteiger partial charge in [-0.05, 0) is 37.6 Å². The van der Waals surface area contributed by atoms with Crippen molar-refractivity contribution >= 4 is 22.8 Å². The number of carbonyl (C=O) groups excluding carboxylic acids is 2. The van der Waals surface area contributed by atoms with Gasteiger partial charge < -0.3 is 28.8 Å². The van der Waals surface area contributed by atoms with Gasteiger partial charge in [0.1, 0.15) is 17.9 Å². The van der Waals surface area contributed by atoms with E-state index in [1.807, 2.05) is 49.4 Å². The van der Waals surface area contributed by atoms with Crippen molar-refractivity contribution in [3.63, 3.8) is 0 Å². The molecule has 2 aromatic carbocycles. The highest BCUT2D eigenvalue weighted by Crippen LogP contribution is 2.38. The molecule has 33 heavy (non-hydrogen) atoms. The fourth-order valence-electron chi connectivity index (χ4n) is 4.04. The lowest BCUT2D eigenvalue weighted by Crippen LogP contribution is -2.61. The Kier molecular flexibility index (Phi) is 6.29. The molecule has 1 N–H and O–H groups in total. The molecule has 0 fully saturated rings. The Labute approximate surface area is 192 Å². The number of hydrogen-bond donors (Lipinski definition) is 1. The molecule has 3 aromatic rings. The fraction of sp³-hybridized carbons (Fsp3) is 0.360.